The average molecular weight is 348 g/mol. The normalized spacial score (nSPS) is 21.8. The number of carbonyl (C=O) groups excluding carboxylic acids is 1. The summed E-state index contributed by atoms with van der Waals surface area (Å²) in [6, 6.07) is 7.63. The van der Waals surface area contributed by atoms with Gasteiger partial charge in [-0.1, -0.05) is 0 Å². The molecule has 25 heavy (non-hydrogen) atoms. The molecule has 0 aromatic heterocycles. The molecular formula is C19H28N2O4. The Hall–Kier alpha value is -1.79. The Bertz CT molecular complexity index is 543. The van der Waals surface area contributed by atoms with Crippen molar-refractivity contribution in [2.24, 2.45) is 5.92 Å². The lowest BCUT2D eigenvalue weighted by atomic mass is 9.99. The van der Waals surface area contributed by atoms with Crippen molar-refractivity contribution >= 4 is 5.91 Å². The third kappa shape index (κ3) is 5.34. The number of morpholine rings is 1. The first-order valence-corrected chi connectivity index (χ1v) is 9.09. The summed E-state index contributed by atoms with van der Waals surface area (Å²) in [6.07, 6.45) is 2.16. The number of benzene rings is 1. The monoisotopic (exact) mass is 348 g/mol. The molecule has 1 aromatic rings. The number of piperidine rings is 1. The van der Waals surface area contributed by atoms with E-state index >= 15 is 0 Å². The lowest BCUT2D eigenvalue weighted by Gasteiger charge is -2.35. The highest BCUT2D eigenvalue weighted by molar-refractivity contribution is 5.78. The van der Waals surface area contributed by atoms with E-state index < -0.39 is 0 Å². The topological polar surface area (TPSA) is 51.2 Å². The van der Waals surface area contributed by atoms with Gasteiger partial charge in [-0.25, -0.2) is 0 Å². The number of hydrogen-bond donors (Lipinski definition) is 0. The van der Waals surface area contributed by atoms with Gasteiger partial charge in [-0.15, -0.1) is 0 Å². The summed E-state index contributed by atoms with van der Waals surface area (Å²) in [5.74, 6) is 2.29. The first-order valence-electron chi connectivity index (χ1n) is 9.09. The minimum Gasteiger partial charge on any atom is -0.497 e. The second-order valence-electron chi connectivity index (χ2n) is 6.72. The largest absolute Gasteiger partial charge is 0.497 e. The Balaban J connectivity index is 1.44. The van der Waals surface area contributed by atoms with Crippen molar-refractivity contribution in [1.82, 2.24) is 9.80 Å². The van der Waals surface area contributed by atoms with Crippen LogP contribution in [0, 0.1) is 5.92 Å². The minimum atomic E-state index is 0.232. The summed E-state index contributed by atoms with van der Waals surface area (Å²) < 4.78 is 16.4. The number of likely N-dealkylation sites (tertiary alicyclic amines) is 1. The molecule has 1 unspecified atom stereocenters. The molecule has 0 spiro atoms. The van der Waals surface area contributed by atoms with Crippen LogP contribution in [0.2, 0.25) is 0 Å². The van der Waals surface area contributed by atoms with Crippen LogP contribution in [0.1, 0.15) is 12.8 Å². The van der Waals surface area contributed by atoms with E-state index in [1.54, 1.807) is 7.11 Å². The molecule has 1 amide bonds. The maximum absolute atomic E-state index is 12.5. The van der Waals surface area contributed by atoms with Gasteiger partial charge in [0.25, 0.3) is 0 Å². The van der Waals surface area contributed by atoms with Crippen LogP contribution in [0.15, 0.2) is 24.3 Å². The second-order valence-corrected chi connectivity index (χ2v) is 6.72. The average Bonchev–Trinajstić information content (AvgIpc) is 2.68. The molecule has 138 valence electrons. The first-order chi connectivity index (χ1) is 12.2. The molecule has 2 aliphatic heterocycles. The van der Waals surface area contributed by atoms with Crippen LogP contribution in [-0.2, 0) is 9.53 Å². The fraction of sp³-hybridized carbons (Fsp3) is 0.632. The Kier molecular flexibility index (Phi) is 6.53. The van der Waals surface area contributed by atoms with E-state index in [0.29, 0.717) is 19.1 Å². The molecule has 0 aliphatic carbocycles. The van der Waals surface area contributed by atoms with Crippen molar-refractivity contribution in [3.63, 3.8) is 0 Å². The Morgan fingerprint density at radius 2 is 1.88 bits per heavy atom. The Morgan fingerprint density at radius 1 is 1.16 bits per heavy atom. The number of amides is 1. The van der Waals surface area contributed by atoms with Crippen LogP contribution in [0.3, 0.4) is 0 Å². The van der Waals surface area contributed by atoms with Crippen LogP contribution in [-0.4, -0.2) is 75.4 Å². The molecule has 0 radical (unpaired) electrons. The van der Waals surface area contributed by atoms with Crippen LogP contribution in [0.25, 0.3) is 0 Å². The molecule has 2 heterocycles. The molecule has 0 N–H and O–H groups in total. The predicted molar refractivity (Wildman–Crippen MR) is 95.1 cm³/mol. The lowest BCUT2D eigenvalue weighted by Crippen LogP contribution is -2.48. The summed E-state index contributed by atoms with van der Waals surface area (Å²) in [5.41, 5.74) is 0. The van der Waals surface area contributed by atoms with Crippen molar-refractivity contribution in [2.75, 3.05) is 59.7 Å². The number of carbonyl (C=O) groups is 1. The zero-order chi connectivity index (χ0) is 17.5. The molecule has 2 fully saturated rings. The van der Waals surface area contributed by atoms with E-state index in [1.165, 1.54) is 0 Å². The molecule has 3 rings (SSSR count). The van der Waals surface area contributed by atoms with Gasteiger partial charge in [-0.3, -0.25) is 9.69 Å². The van der Waals surface area contributed by atoms with Crippen LogP contribution in [0.5, 0.6) is 11.5 Å². The van der Waals surface area contributed by atoms with Gasteiger partial charge in [0.05, 0.1) is 33.5 Å². The van der Waals surface area contributed by atoms with Gasteiger partial charge < -0.3 is 19.1 Å². The van der Waals surface area contributed by atoms with Crippen molar-refractivity contribution < 1.29 is 19.0 Å². The van der Waals surface area contributed by atoms with E-state index in [2.05, 4.69) is 4.90 Å². The Labute approximate surface area is 149 Å². The maximum Gasteiger partial charge on any atom is 0.236 e. The highest BCUT2D eigenvalue weighted by Gasteiger charge is 2.25. The van der Waals surface area contributed by atoms with Gasteiger partial charge in [-0.2, -0.15) is 0 Å². The molecule has 6 heteroatoms. The highest BCUT2D eigenvalue weighted by atomic mass is 16.5. The summed E-state index contributed by atoms with van der Waals surface area (Å²) in [4.78, 5) is 16.7. The van der Waals surface area contributed by atoms with Crippen molar-refractivity contribution in [1.29, 1.82) is 0 Å². The van der Waals surface area contributed by atoms with Gasteiger partial charge in [0.2, 0.25) is 5.91 Å². The summed E-state index contributed by atoms with van der Waals surface area (Å²) in [5, 5.41) is 0. The number of methoxy groups -OCH3 is 1. The van der Waals surface area contributed by atoms with E-state index in [-0.39, 0.29) is 5.91 Å². The van der Waals surface area contributed by atoms with Gasteiger partial charge in [-0.05, 0) is 37.1 Å². The zero-order valence-electron chi connectivity index (χ0n) is 15.0. The molecular weight excluding hydrogens is 320 g/mol. The summed E-state index contributed by atoms with van der Waals surface area (Å²) >= 11 is 0. The van der Waals surface area contributed by atoms with E-state index in [0.717, 1.165) is 63.7 Å². The Morgan fingerprint density at radius 3 is 2.60 bits per heavy atom. The lowest BCUT2D eigenvalue weighted by molar-refractivity contribution is -0.135. The molecule has 2 saturated heterocycles. The fourth-order valence-corrected chi connectivity index (χ4v) is 3.36. The maximum atomic E-state index is 12.5. The molecule has 1 aromatic carbocycles. The summed E-state index contributed by atoms with van der Waals surface area (Å²) in [6.45, 7) is 5.97. The zero-order valence-corrected chi connectivity index (χ0v) is 15.0. The van der Waals surface area contributed by atoms with E-state index in [9.17, 15) is 4.79 Å². The molecule has 0 bridgehead atoms. The van der Waals surface area contributed by atoms with Crippen molar-refractivity contribution in [2.45, 2.75) is 12.8 Å². The molecule has 6 nitrogen and oxygen atoms in total. The van der Waals surface area contributed by atoms with Crippen LogP contribution >= 0.6 is 0 Å². The minimum absolute atomic E-state index is 0.232. The standard InChI is InChI=1S/C19H28N2O4/c1-23-17-4-6-18(7-5-17)25-15-16-3-2-8-21(13-16)19(22)14-20-9-11-24-12-10-20/h4-7,16H,2-3,8-15H2,1H3. The van der Waals surface area contributed by atoms with Crippen molar-refractivity contribution in [3.05, 3.63) is 24.3 Å². The van der Waals surface area contributed by atoms with Gasteiger partial charge in [0.15, 0.2) is 0 Å². The quantitative estimate of drug-likeness (QED) is 0.782. The van der Waals surface area contributed by atoms with Crippen LogP contribution in [0.4, 0.5) is 0 Å². The number of nitrogens with zero attached hydrogens (tertiary/aromatic N) is 2. The SMILES string of the molecule is COc1ccc(OCC2CCCN(C(=O)CN3CCOCC3)C2)cc1. The summed E-state index contributed by atoms with van der Waals surface area (Å²) in [7, 11) is 1.65. The predicted octanol–water partition coefficient (Wildman–Crippen LogP) is 1.64. The third-order valence-corrected chi connectivity index (χ3v) is 4.88. The first kappa shape index (κ1) is 18.0. The van der Waals surface area contributed by atoms with Crippen LogP contribution < -0.4 is 9.47 Å². The van der Waals surface area contributed by atoms with Gasteiger partial charge >= 0.3 is 0 Å². The number of ether oxygens (including phenoxy) is 3. The molecule has 0 saturated carbocycles. The van der Waals surface area contributed by atoms with Gasteiger partial charge in [0, 0.05) is 32.1 Å². The number of rotatable bonds is 6. The van der Waals surface area contributed by atoms with E-state index in [4.69, 9.17) is 14.2 Å². The smallest absolute Gasteiger partial charge is 0.236 e. The number of hydrogen-bond acceptors (Lipinski definition) is 5. The third-order valence-electron chi connectivity index (χ3n) is 4.88. The molecule has 1 atom stereocenters. The second kappa shape index (κ2) is 9.06. The van der Waals surface area contributed by atoms with E-state index in [1.807, 2.05) is 29.2 Å². The fourth-order valence-electron chi connectivity index (χ4n) is 3.36. The highest BCUT2D eigenvalue weighted by Crippen LogP contribution is 2.21. The molecule has 2 aliphatic rings. The van der Waals surface area contributed by atoms with Crippen molar-refractivity contribution in [3.8, 4) is 11.5 Å². The van der Waals surface area contributed by atoms with Gasteiger partial charge in [0.1, 0.15) is 11.5 Å².